The zero-order chi connectivity index (χ0) is 11.8. The summed E-state index contributed by atoms with van der Waals surface area (Å²) in [6.45, 7) is 1.79. The molecule has 0 aliphatic rings. The number of nitrogens with one attached hydrogen (secondary N) is 1. The topological polar surface area (TPSA) is 34.1 Å². The van der Waals surface area contributed by atoms with Gasteiger partial charge in [-0.1, -0.05) is 0 Å². The third-order valence-corrected chi connectivity index (χ3v) is 3.16. The van der Waals surface area contributed by atoms with Crippen LogP contribution < -0.4 is 5.32 Å². The molecule has 0 aromatic carbocycles. The maximum Gasteiger partial charge on any atom is 0.140 e. The summed E-state index contributed by atoms with van der Waals surface area (Å²) in [5.74, 6) is 0.898. The summed E-state index contributed by atoms with van der Waals surface area (Å²) in [6, 6.07) is 1.99. The second-order valence-corrected chi connectivity index (χ2v) is 5.23. The molecule has 0 saturated carbocycles. The van der Waals surface area contributed by atoms with Crippen molar-refractivity contribution in [1.82, 2.24) is 4.98 Å². The van der Waals surface area contributed by atoms with Crippen molar-refractivity contribution < 1.29 is 4.74 Å². The van der Waals surface area contributed by atoms with E-state index >= 15 is 0 Å². The minimum atomic E-state index is 0.847. The van der Waals surface area contributed by atoms with Crippen molar-refractivity contribution in [3.8, 4) is 0 Å². The SMILES string of the molecule is COCCCCCNc1ncc(Br)cc1Br. The Kier molecular flexibility index (Phi) is 7.00. The average molecular weight is 352 g/mol. The van der Waals surface area contributed by atoms with E-state index in [0.717, 1.165) is 40.8 Å². The molecule has 16 heavy (non-hydrogen) atoms. The Labute approximate surface area is 113 Å². The van der Waals surface area contributed by atoms with Crippen molar-refractivity contribution in [2.45, 2.75) is 19.3 Å². The molecule has 1 aromatic rings. The number of rotatable bonds is 7. The van der Waals surface area contributed by atoms with Crippen LogP contribution in [0.2, 0.25) is 0 Å². The predicted molar refractivity (Wildman–Crippen MR) is 73.9 cm³/mol. The Morgan fingerprint density at radius 3 is 2.81 bits per heavy atom. The highest BCUT2D eigenvalue weighted by Crippen LogP contribution is 2.23. The molecule has 0 fully saturated rings. The van der Waals surface area contributed by atoms with E-state index in [1.54, 1.807) is 13.3 Å². The van der Waals surface area contributed by atoms with Crippen molar-refractivity contribution in [3.63, 3.8) is 0 Å². The van der Waals surface area contributed by atoms with Crippen LogP contribution in [-0.4, -0.2) is 25.2 Å². The van der Waals surface area contributed by atoms with Crippen LogP contribution in [0.15, 0.2) is 21.2 Å². The van der Waals surface area contributed by atoms with Crippen LogP contribution >= 0.6 is 31.9 Å². The molecule has 0 radical (unpaired) electrons. The monoisotopic (exact) mass is 350 g/mol. The quantitative estimate of drug-likeness (QED) is 0.758. The number of methoxy groups -OCH3 is 1. The maximum atomic E-state index is 4.99. The van der Waals surface area contributed by atoms with Crippen LogP contribution in [0.25, 0.3) is 0 Å². The minimum absolute atomic E-state index is 0.847. The summed E-state index contributed by atoms with van der Waals surface area (Å²) in [6.07, 6.45) is 5.22. The minimum Gasteiger partial charge on any atom is -0.385 e. The fourth-order valence-electron chi connectivity index (χ4n) is 1.30. The second-order valence-electron chi connectivity index (χ2n) is 3.46. The molecular formula is C11H16Br2N2O. The molecule has 1 N–H and O–H groups in total. The van der Waals surface area contributed by atoms with E-state index in [0.29, 0.717) is 0 Å². The van der Waals surface area contributed by atoms with Gasteiger partial charge in [0.15, 0.2) is 0 Å². The fraction of sp³-hybridized carbons (Fsp3) is 0.545. The normalized spacial score (nSPS) is 10.4. The lowest BCUT2D eigenvalue weighted by molar-refractivity contribution is 0.192. The van der Waals surface area contributed by atoms with E-state index < -0.39 is 0 Å². The van der Waals surface area contributed by atoms with Crippen molar-refractivity contribution in [2.24, 2.45) is 0 Å². The van der Waals surface area contributed by atoms with E-state index in [1.807, 2.05) is 6.07 Å². The maximum absolute atomic E-state index is 4.99. The standard InChI is InChI=1S/C11H16Br2N2O/c1-16-6-4-2-3-5-14-11-10(13)7-9(12)8-15-11/h7-8H,2-6H2,1H3,(H,14,15). The van der Waals surface area contributed by atoms with Gasteiger partial charge in [-0.25, -0.2) is 4.98 Å². The van der Waals surface area contributed by atoms with Crippen LogP contribution in [0.4, 0.5) is 5.82 Å². The van der Waals surface area contributed by atoms with Gasteiger partial charge in [-0.2, -0.15) is 0 Å². The van der Waals surface area contributed by atoms with Gasteiger partial charge in [-0.05, 0) is 57.2 Å². The van der Waals surface area contributed by atoms with Crippen molar-refractivity contribution in [1.29, 1.82) is 0 Å². The number of hydrogen-bond acceptors (Lipinski definition) is 3. The number of anilines is 1. The molecule has 90 valence electrons. The highest BCUT2D eigenvalue weighted by molar-refractivity contribution is 9.11. The molecule has 3 nitrogen and oxygen atoms in total. The molecule has 0 spiro atoms. The van der Waals surface area contributed by atoms with E-state index in [-0.39, 0.29) is 0 Å². The number of aromatic nitrogens is 1. The van der Waals surface area contributed by atoms with Crippen molar-refractivity contribution in [2.75, 3.05) is 25.6 Å². The fourth-order valence-corrected chi connectivity index (χ4v) is 2.43. The van der Waals surface area contributed by atoms with Gasteiger partial charge >= 0.3 is 0 Å². The smallest absolute Gasteiger partial charge is 0.140 e. The Balaban J connectivity index is 2.21. The lowest BCUT2D eigenvalue weighted by atomic mass is 10.2. The Morgan fingerprint density at radius 1 is 1.31 bits per heavy atom. The summed E-state index contributed by atoms with van der Waals surface area (Å²) in [4.78, 5) is 4.28. The van der Waals surface area contributed by atoms with Gasteiger partial charge in [0, 0.05) is 30.9 Å². The molecule has 1 aromatic heterocycles. The predicted octanol–water partition coefficient (Wildman–Crippen LogP) is 3.84. The zero-order valence-corrected chi connectivity index (χ0v) is 12.5. The van der Waals surface area contributed by atoms with Crippen molar-refractivity contribution >= 4 is 37.7 Å². The van der Waals surface area contributed by atoms with E-state index in [4.69, 9.17) is 4.74 Å². The molecule has 0 atom stereocenters. The molecule has 1 heterocycles. The van der Waals surface area contributed by atoms with Gasteiger partial charge in [-0.15, -0.1) is 0 Å². The number of hydrogen-bond donors (Lipinski definition) is 1. The third kappa shape index (κ3) is 5.27. The molecule has 0 aliphatic carbocycles. The first-order chi connectivity index (χ1) is 7.74. The first-order valence-electron chi connectivity index (χ1n) is 5.28. The Bertz CT molecular complexity index is 321. The molecule has 0 unspecified atom stereocenters. The zero-order valence-electron chi connectivity index (χ0n) is 9.30. The largest absolute Gasteiger partial charge is 0.385 e. The van der Waals surface area contributed by atoms with Crippen molar-refractivity contribution in [3.05, 3.63) is 21.2 Å². The van der Waals surface area contributed by atoms with Crippen LogP contribution in [0.5, 0.6) is 0 Å². The Hall–Kier alpha value is -0.130. The Morgan fingerprint density at radius 2 is 2.12 bits per heavy atom. The summed E-state index contributed by atoms with van der Waals surface area (Å²) >= 11 is 6.84. The number of nitrogens with zero attached hydrogens (tertiary/aromatic N) is 1. The van der Waals surface area contributed by atoms with Crippen LogP contribution in [0.1, 0.15) is 19.3 Å². The molecule has 0 aliphatic heterocycles. The van der Waals surface area contributed by atoms with E-state index in [2.05, 4.69) is 42.2 Å². The summed E-state index contributed by atoms with van der Waals surface area (Å²) in [5, 5.41) is 3.30. The summed E-state index contributed by atoms with van der Waals surface area (Å²) < 4.78 is 6.96. The van der Waals surface area contributed by atoms with Crippen LogP contribution in [0, 0.1) is 0 Å². The third-order valence-electron chi connectivity index (χ3n) is 2.13. The summed E-state index contributed by atoms with van der Waals surface area (Å²) in [7, 11) is 1.74. The molecule has 5 heteroatoms. The molecule has 0 amide bonds. The van der Waals surface area contributed by atoms with Crippen LogP contribution in [-0.2, 0) is 4.74 Å². The average Bonchev–Trinajstić information content (AvgIpc) is 2.26. The van der Waals surface area contributed by atoms with Gasteiger partial charge in [0.05, 0.1) is 4.47 Å². The highest BCUT2D eigenvalue weighted by atomic mass is 79.9. The second kappa shape index (κ2) is 8.03. The number of pyridine rings is 1. The van der Waals surface area contributed by atoms with Crippen LogP contribution in [0.3, 0.4) is 0 Å². The van der Waals surface area contributed by atoms with E-state index in [9.17, 15) is 0 Å². The first kappa shape index (κ1) is 13.9. The van der Waals surface area contributed by atoms with Gasteiger partial charge < -0.3 is 10.1 Å². The molecule has 0 saturated heterocycles. The first-order valence-corrected chi connectivity index (χ1v) is 6.86. The van der Waals surface area contributed by atoms with Gasteiger partial charge in [0.25, 0.3) is 0 Å². The van der Waals surface area contributed by atoms with Gasteiger partial charge in [0.2, 0.25) is 0 Å². The molecular weight excluding hydrogens is 336 g/mol. The molecule has 0 bridgehead atoms. The number of ether oxygens (including phenoxy) is 1. The highest BCUT2D eigenvalue weighted by Gasteiger charge is 2.00. The van der Waals surface area contributed by atoms with E-state index in [1.165, 1.54) is 6.42 Å². The lowest BCUT2D eigenvalue weighted by Gasteiger charge is -2.07. The number of halogens is 2. The molecule has 1 rings (SSSR count). The number of unbranched alkanes of at least 4 members (excludes halogenated alkanes) is 2. The van der Waals surface area contributed by atoms with Gasteiger partial charge in [0.1, 0.15) is 5.82 Å². The van der Waals surface area contributed by atoms with Gasteiger partial charge in [-0.3, -0.25) is 0 Å². The summed E-state index contributed by atoms with van der Waals surface area (Å²) in [5.41, 5.74) is 0. The lowest BCUT2D eigenvalue weighted by Crippen LogP contribution is -2.04.